The van der Waals surface area contributed by atoms with Crippen LogP contribution in [0.4, 0.5) is 4.79 Å². The molecule has 24 heavy (non-hydrogen) atoms. The van der Waals surface area contributed by atoms with Crippen molar-refractivity contribution in [3.8, 4) is 0 Å². The molecule has 0 saturated carbocycles. The molecule has 1 aromatic carbocycles. The first-order valence-electron chi connectivity index (χ1n) is 7.65. The molecule has 2 atom stereocenters. The zero-order chi connectivity index (χ0) is 18.5. The first kappa shape index (κ1) is 20.0. The molecule has 1 rings (SSSR count). The highest BCUT2D eigenvalue weighted by Gasteiger charge is 2.19. The van der Waals surface area contributed by atoms with Gasteiger partial charge in [0.05, 0.1) is 22.6 Å². The molecule has 0 heterocycles. The van der Waals surface area contributed by atoms with Crippen LogP contribution in [0.1, 0.15) is 32.4 Å². The van der Waals surface area contributed by atoms with Crippen LogP contribution in [-0.4, -0.2) is 49.8 Å². The van der Waals surface area contributed by atoms with Crippen molar-refractivity contribution < 1.29 is 23.1 Å². The number of carboxylic acid groups (broad SMARTS) is 1. The molecule has 2 amide bonds. The number of carboxylic acids is 1. The third-order valence-corrected chi connectivity index (χ3v) is 5.53. The molecular weight excluding hydrogens is 332 g/mol. The van der Waals surface area contributed by atoms with E-state index in [4.69, 9.17) is 5.11 Å². The Balaban J connectivity index is 2.72. The fraction of sp³-hybridized carbons (Fsp3) is 0.500. The number of hydrogen-bond acceptors (Lipinski definition) is 4. The summed E-state index contributed by atoms with van der Waals surface area (Å²) in [6.07, 6.45) is 0. The Kier molecular flexibility index (Phi) is 6.77. The van der Waals surface area contributed by atoms with E-state index in [9.17, 15) is 18.0 Å². The van der Waals surface area contributed by atoms with Gasteiger partial charge in [0.25, 0.3) is 0 Å². The van der Waals surface area contributed by atoms with Crippen molar-refractivity contribution in [3.05, 3.63) is 29.8 Å². The van der Waals surface area contributed by atoms with Gasteiger partial charge in [0.1, 0.15) is 0 Å². The molecule has 0 bridgehead atoms. The molecule has 2 unspecified atom stereocenters. The van der Waals surface area contributed by atoms with Crippen molar-refractivity contribution in [2.75, 3.05) is 19.3 Å². The summed E-state index contributed by atoms with van der Waals surface area (Å²) in [5, 5.41) is 11.6. The second-order valence-corrected chi connectivity index (χ2v) is 8.04. The summed E-state index contributed by atoms with van der Waals surface area (Å²) in [6.45, 7) is 4.99. The standard InChI is InChI=1S/C16H24N2O5S/c1-5-24(22,23)14-8-6-13(7-9-14)12(3)17-16(21)18(4)10-11(2)15(19)20/h6-9,11-12H,5,10H2,1-4H3,(H,17,21)(H,19,20). The molecule has 0 fully saturated rings. The fourth-order valence-electron chi connectivity index (χ4n) is 2.08. The second kappa shape index (κ2) is 8.14. The maximum absolute atomic E-state index is 12.1. The number of nitrogens with one attached hydrogen (secondary N) is 1. The highest BCUT2D eigenvalue weighted by molar-refractivity contribution is 7.91. The predicted molar refractivity (Wildman–Crippen MR) is 90.5 cm³/mol. The van der Waals surface area contributed by atoms with Crippen molar-refractivity contribution in [1.29, 1.82) is 0 Å². The number of amides is 2. The van der Waals surface area contributed by atoms with Gasteiger partial charge in [-0.05, 0) is 24.6 Å². The molecule has 0 aromatic heterocycles. The van der Waals surface area contributed by atoms with Crippen LogP contribution in [0.5, 0.6) is 0 Å². The van der Waals surface area contributed by atoms with Crippen LogP contribution < -0.4 is 5.32 Å². The first-order valence-corrected chi connectivity index (χ1v) is 9.30. The summed E-state index contributed by atoms with van der Waals surface area (Å²) in [7, 11) is -1.72. The summed E-state index contributed by atoms with van der Waals surface area (Å²) < 4.78 is 23.6. The van der Waals surface area contributed by atoms with E-state index in [0.717, 1.165) is 5.56 Å². The van der Waals surface area contributed by atoms with E-state index in [2.05, 4.69) is 5.32 Å². The third kappa shape index (κ3) is 5.23. The minimum Gasteiger partial charge on any atom is -0.481 e. The molecule has 0 radical (unpaired) electrons. The fourth-order valence-corrected chi connectivity index (χ4v) is 2.97. The molecule has 134 valence electrons. The summed E-state index contributed by atoms with van der Waals surface area (Å²) in [6, 6.07) is 5.64. The molecule has 0 spiro atoms. The van der Waals surface area contributed by atoms with Crippen LogP contribution in [0, 0.1) is 5.92 Å². The molecule has 0 saturated heterocycles. The van der Waals surface area contributed by atoms with Crippen molar-refractivity contribution in [3.63, 3.8) is 0 Å². The van der Waals surface area contributed by atoms with Gasteiger partial charge in [-0.2, -0.15) is 0 Å². The largest absolute Gasteiger partial charge is 0.481 e. The number of carbonyl (C=O) groups excluding carboxylic acids is 1. The summed E-state index contributed by atoms with van der Waals surface area (Å²) in [5.41, 5.74) is 0.762. The molecule has 8 heteroatoms. The first-order chi connectivity index (χ1) is 11.1. The predicted octanol–water partition coefficient (Wildman–Crippen LogP) is 1.90. The number of aliphatic carboxylic acids is 1. The van der Waals surface area contributed by atoms with E-state index in [0.29, 0.717) is 0 Å². The smallest absolute Gasteiger partial charge is 0.317 e. The van der Waals surface area contributed by atoms with Gasteiger partial charge < -0.3 is 15.3 Å². The lowest BCUT2D eigenvalue weighted by molar-refractivity contribution is -0.141. The third-order valence-electron chi connectivity index (χ3n) is 3.78. The van der Waals surface area contributed by atoms with E-state index >= 15 is 0 Å². The average Bonchev–Trinajstić information content (AvgIpc) is 2.54. The summed E-state index contributed by atoms with van der Waals surface area (Å²) >= 11 is 0. The van der Waals surface area contributed by atoms with Gasteiger partial charge in [0, 0.05) is 13.6 Å². The van der Waals surface area contributed by atoms with Crippen LogP contribution in [0.3, 0.4) is 0 Å². The average molecular weight is 356 g/mol. The number of nitrogens with zero attached hydrogens (tertiary/aromatic N) is 1. The Bertz CT molecular complexity index is 685. The van der Waals surface area contributed by atoms with Gasteiger partial charge in [0.15, 0.2) is 9.84 Å². The van der Waals surface area contributed by atoms with Crippen molar-refractivity contribution in [2.24, 2.45) is 5.92 Å². The zero-order valence-corrected chi connectivity index (χ0v) is 15.1. The lowest BCUT2D eigenvalue weighted by Crippen LogP contribution is -2.41. The maximum Gasteiger partial charge on any atom is 0.317 e. The number of benzene rings is 1. The van der Waals surface area contributed by atoms with Crippen LogP contribution in [-0.2, 0) is 14.6 Å². The molecule has 7 nitrogen and oxygen atoms in total. The van der Waals surface area contributed by atoms with E-state index in [1.807, 2.05) is 0 Å². The van der Waals surface area contributed by atoms with Crippen LogP contribution in [0.15, 0.2) is 29.2 Å². The van der Waals surface area contributed by atoms with Gasteiger partial charge in [-0.15, -0.1) is 0 Å². The molecule has 1 aromatic rings. The Morgan fingerprint density at radius 3 is 2.21 bits per heavy atom. The summed E-state index contributed by atoms with van der Waals surface area (Å²) in [4.78, 5) is 24.5. The van der Waals surface area contributed by atoms with Gasteiger partial charge >= 0.3 is 12.0 Å². The maximum atomic E-state index is 12.1. The monoisotopic (exact) mass is 356 g/mol. The topological polar surface area (TPSA) is 104 Å². The van der Waals surface area contributed by atoms with Crippen molar-refractivity contribution in [1.82, 2.24) is 10.2 Å². The highest BCUT2D eigenvalue weighted by Crippen LogP contribution is 2.17. The van der Waals surface area contributed by atoms with Gasteiger partial charge in [-0.25, -0.2) is 13.2 Å². The Morgan fingerprint density at radius 1 is 1.21 bits per heavy atom. The Morgan fingerprint density at radius 2 is 1.75 bits per heavy atom. The van der Waals surface area contributed by atoms with Gasteiger partial charge in [-0.1, -0.05) is 26.0 Å². The zero-order valence-electron chi connectivity index (χ0n) is 14.3. The van der Waals surface area contributed by atoms with E-state index in [-0.39, 0.29) is 29.3 Å². The van der Waals surface area contributed by atoms with Crippen LogP contribution in [0.2, 0.25) is 0 Å². The number of rotatable bonds is 7. The van der Waals surface area contributed by atoms with Gasteiger partial charge in [-0.3, -0.25) is 4.79 Å². The van der Waals surface area contributed by atoms with Gasteiger partial charge in [0.2, 0.25) is 0 Å². The summed E-state index contributed by atoms with van der Waals surface area (Å²) in [5.74, 6) is -1.59. The van der Waals surface area contributed by atoms with Crippen LogP contribution in [0.25, 0.3) is 0 Å². The number of urea groups is 1. The van der Waals surface area contributed by atoms with E-state index in [1.54, 1.807) is 26.0 Å². The molecular formula is C16H24N2O5S. The SMILES string of the molecule is CCS(=O)(=O)c1ccc(C(C)NC(=O)N(C)CC(C)C(=O)O)cc1. The molecule has 2 N–H and O–H groups in total. The number of carbonyl (C=O) groups is 2. The quantitative estimate of drug-likeness (QED) is 0.776. The molecule has 0 aliphatic carbocycles. The van der Waals surface area contributed by atoms with Crippen LogP contribution >= 0.6 is 0 Å². The lowest BCUT2D eigenvalue weighted by atomic mass is 10.1. The number of sulfone groups is 1. The van der Waals surface area contributed by atoms with Crippen molar-refractivity contribution >= 4 is 21.8 Å². The van der Waals surface area contributed by atoms with Crippen molar-refractivity contribution in [2.45, 2.75) is 31.7 Å². The Labute approximate surface area is 142 Å². The van der Waals surface area contributed by atoms with E-state index < -0.39 is 21.7 Å². The number of hydrogen-bond donors (Lipinski definition) is 2. The minimum atomic E-state index is -3.25. The highest BCUT2D eigenvalue weighted by atomic mass is 32.2. The molecule has 0 aliphatic heterocycles. The Hall–Kier alpha value is -2.09. The lowest BCUT2D eigenvalue weighted by Gasteiger charge is -2.23. The minimum absolute atomic E-state index is 0.0329. The molecule has 0 aliphatic rings. The van der Waals surface area contributed by atoms with E-state index in [1.165, 1.54) is 31.0 Å². The normalized spacial score (nSPS) is 13.8. The second-order valence-electron chi connectivity index (χ2n) is 5.76.